The highest BCUT2D eigenvalue weighted by atomic mass is 35.9. The predicted octanol–water partition coefficient (Wildman–Crippen LogP) is 2.91. The van der Waals surface area contributed by atoms with E-state index in [0.717, 1.165) is 0 Å². The molecule has 0 bridgehead atoms. The van der Waals surface area contributed by atoms with Crippen molar-refractivity contribution in [3.63, 3.8) is 0 Å². The smallest absolute Gasteiger partial charge is 0.463 e. The van der Waals surface area contributed by atoms with E-state index in [1.165, 1.54) is 0 Å². The van der Waals surface area contributed by atoms with Crippen molar-refractivity contribution in [2.75, 3.05) is 25.3 Å². The molecule has 0 fully saturated rings. The molecule has 0 aromatic carbocycles. The Hall–Kier alpha value is 0.0300. The summed E-state index contributed by atoms with van der Waals surface area (Å²) in [4.78, 5) is 22.3. The SMILES string of the molecule is O=C(CN(CP(Cl)Cl)C(=O)C(F)(F)F)OCCCl. The van der Waals surface area contributed by atoms with Gasteiger partial charge in [0.1, 0.15) is 19.8 Å². The third-order valence-corrected chi connectivity index (χ3v) is 2.82. The van der Waals surface area contributed by atoms with Crippen LogP contribution in [0.5, 0.6) is 0 Å². The Morgan fingerprint density at radius 3 is 2.22 bits per heavy atom. The van der Waals surface area contributed by atoms with Crippen LogP contribution >= 0.6 is 40.7 Å². The molecule has 0 aliphatic rings. The summed E-state index contributed by atoms with van der Waals surface area (Å²) >= 11 is 15.9. The molecule has 0 rings (SSSR count). The van der Waals surface area contributed by atoms with Crippen molar-refractivity contribution in [2.24, 2.45) is 0 Å². The minimum absolute atomic E-state index is 0.00330. The lowest BCUT2D eigenvalue weighted by Gasteiger charge is -2.22. The summed E-state index contributed by atoms with van der Waals surface area (Å²) in [5.74, 6) is -3.21. The maximum absolute atomic E-state index is 12.2. The van der Waals surface area contributed by atoms with E-state index < -0.39 is 37.5 Å². The first-order valence-corrected chi connectivity index (χ1v) is 8.22. The average Bonchev–Trinajstić information content (AvgIpc) is 2.22. The summed E-state index contributed by atoms with van der Waals surface area (Å²) in [5, 5.41) is 0. The quantitative estimate of drug-likeness (QED) is 0.421. The Morgan fingerprint density at radius 1 is 1.28 bits per heavy atom. The molecule has 0 atom stereocenters. The van der Waals surface area contributed by atoms with Crippen molar-refractivity contribution in [3.8, 4) is 0 Å². The molecule has 4 nitrogen and oxygen atoms in total. The fourth-order valence-corrected chi connectivity index (χ4v) is 2.19. The largest absolute Gasteiger partial charge is 0.471 e. The first-order valence-electron chi connectivity index (χ1n) is 4.35. The monoisotopic (exact) mass is 347 g/mol. The molecule has 0 aliphatic carbocycles. The zero-order valence-electron chi connectivity index (χ0n) is 8.72. The molecule has 0 aromatic rings. The number of esters is 1. The van der Waals surface area contributed by atoms with Gasteiger partial charge in [0.25, 0.3) is 0 Å². The summed E-state index contributed by atoms with van der Waals surface area (Å²) in [6, 6.07) is 0. The van der Waals surface area contributed by atoms with Gasteiger partial charge in [0, 0.05) is 0 Å². The summed E-state index contributed by atoms with van der Waals surface area (Å²) in [6.45, 7) is -2.89. The van der Waals surface area contributed by atoms with E-state index in [1.54, 1.807) is 0 Å². The number of rotatable bonds is 6. The molecular weight excluding hydrogens is 340 g/mol. The molecule has 0 aromatic heterocycles. The minimum Gasteiger partial charge on any atom is -0.463 e. The Kier molecular flexibility index (Phi) is 8.26. The maximum atomic E-state index is 12.2. The van der Waals surface area contributed by atoms with Gasteiger partial charge in [0.2, 0.25) is 0 Å². The molecule has 0 saturated heterocycles. The van der Waals surface area contributed by atoms with Gasteiger partial charge < -0.3 is 9.64 Å². The van der Waals surface area contributed by atoms with Crippen LogP contribution in [0.15, 0.2) is 0 Å². The first kappa shape index (κ1) is 18.0. The fourth-order valence-electron chi connectivity index (χ4n) is 0.848. The molecular formula is C7H8Cl3F3NO3P. The van der Waals surface area contributed by atoms with Gasteiger partial charge in [0.05, 0.1) is 12.2 Å². The predicted molar refractivity (Wildman–Crippen MR) is 62.9 cm³/mol. The van der Waals surface area contributed by atoms with E-state index >= 15 is 0 Å². The van der Waals surface area contributed by atoms with Crippen LogP contribution in [0.25, 0.3) is 0 Å². The van der Waals surface area contributed by atoms with Crippen molar-refractivity contribution in [1.29, 1.82) is 0 Å². The van der Waals surface area contributed by atoms with Crippen LogP contribution in [0.4, 0.5) is 13.2 Å². The van der Waals surface area contributed by atoms with Gasteiger partial charge in [-0.15, -0.1) is 11.6 Å². The number of halogens is 6. The number of carbonyl (C=O) groups is 2. The lowest BCUT2D eigenvalue weighted by Crippen LogP contribution is -2.43. The van der Waals surface area contributed by atoms with E-state index in [1.807, 2.05) is 0 Å². The van der Waals surface area contributed by atoms with Crippen molar-refractivity contribution >= 4 is 52.6 Å². The van der Waals surface area contributed by atoms with E-state index in [-0.39, 0.29) is 17.4 Å². The van der Waals surface area contributed by atoms with E-state index in [2.05, 4.69) is 4.74 Å². The van der Waals surface area contributed by atoms with Gasteiger partial charge in [-0.3, -0.25) is 9.59 Å². The Morgan fingerprint density at radius 2 is 1.83 bits per heavy atom. The van der Waals surface area contributed by atoms with Gasteiger partial charge >= 0.3 is 18.1 Å². The average molecular weight is 348 g/mol. The summed E-state index contributed by atoms with van der Waals surface area (Å²) in [5.41, 5.74) is 0. The number of ether oxygens (including phenoxy) is 1. The van der Waals surface area contributed by atoms with Crippen LogP contribution in [0.3, 0.4) is 0 Å². The zero-order chi connectivity index (χ0) is 14.3. The molecule has 11 heteroatoms. The summed E-state index contributed by atoms with van der Waals surface area (Å²) < 4.78 is 41.1. The van der Waals surface area contributed by atoms with Crippen LogP contribution in [0, 0.1) is 0 Å². The molecule has 0 heterocycles. The summed E-state index contributed by atoms with van der Waals surface area (Å²) in [7, 11) is 0. The summed E-state index contributed by atoms with van der Waals surface area (Å²) in [6.07, 6.45) is -5.68. The van der Waals surface area contributed by atoms with Crippen molar-refractivity contribution in [3.05, 3.63) is 0 Å². The van der Waals surface area contributed by atoms with Gasteiger partial charge in [-0.25, -0.2) is 0 Å². The number of carbonyl (C=O) groups excluding carboxylic acids is 2. The Bertz CT molecular complexity index is 303. The number of amides is 1. The Balaban J connectivity index is 4.59. The molecule has 0 aliphatic heterocycles. The fraction of sp³-hybridized carbons (Fsp3) is 0.714. The van der Waals surface area contributed by atoms with Crippen LogP contribution in [-0.2, 0) is 14.3 Å². The molecule has 0 unspecified atom stereocenters. The highest BCUT2D eigenvalue weighted by Gasteiger charge is 2.43. The second-order valence-corrected chi connectivity index (χ2v) is 7.09. The third-order valence-electron chi connectivity index (χ3n) is 1.47. The van der Waals surface area contributed by atoms with Crippen molar-refractivity contribution in [1.82, 2.24) is 4.90 Å². The topological polar surface area (TPSA) is 46.6 Å². The van der Waals surface area contributed by atoms with E-state index in [9.17, 15) is 22.8 Å². The Labute approximate surface area is 117 Å². The van der Waals surface area contributed by atoms with Crippen LogP contribution in [0.2, 0.25) is 0 Å². The molecule has 0 saturated carbocycles. The molecule has 18 heavy (non-hydrogen) atoms. The van der Waals surface area contributed by atoms with Crippen LogP contribution in [-0.4, -0.2) is 48.3 Å². The highest BCUT2D eigenvalue weighted by molar-refractivity contribution is 8.03. The minimum atomic E-state index is -5.11. The van der Waals surface area contributed by atoms with Crippen molar-refractivity contribution in [2.45, 2.75) is 6.18 Å². The number of hydrogen-bond donors (Lipinski definition) is 0. The van der Waals surface area contributed by atoms with Crippen LogP contribution in [0.1, 0.15) is 0 Å². The van der Waals surface area contributed by atoms with E-state index in [4.69, 9.17) is 34.1 Å². The number of hydrogen-bond acceptors (Lipinski definition) is 3. The van der Waals surface area contributed by atoms with Gasteiger partial charge in [-0.05, 0) is 0 Å². The van der Waals surface area contributed by atoms with Gasteiger partial charge in [0.15, 0.2) is 0 Å². The van der Waals surface area contributed by atoms with Gasteiger partial charge in [-0.1, -0.05) is 22.5 Å². The third kappa shape index (κ3) is 7.46. The molecule has 106 valence electrons. The molecule has 0 spiro atoms. The highest BCUT2D eigenvalue weighted by Crippen LogP contribution is 2.47. The van der Waals surface area contributed by atoms with Gasteiger partial charge in [-0.2, -0.15) is 13.2 Å². The maximum Gasteiger partial charge on any atom is 0.471 e. The second-order valence-electron chi connectivity index (χ2n) is 2.85. The normalized spacial score (nSPS) is 11.5. The molecule has 0 N–H and O–H groups in total. The number of nitrogens with zero attached hydrogens (tertiary/aromatic N) is 1. The van der Waals surface area contributed by atoms with Crippen LogP contribution < -0.4 is 0 Å². The number of alkyl halides is 4. The molecule has 1 amide bonds. The first-order chi connectivity index (χ1) is 8.18. The second kappa shape index (κ2) is 8.25. The van der Waals surface area contributed by atoms with Crippen molar-refractivity contribution < 1.29 is 27.5 Å². The lowest BCUT2D eigenvalue weighted by molar-refractivity contribution is -0.185. The standard InChI is InChI=1S/C7H8Cl3F3NO3P/c8-1-2-17-5(15)3-14(4-18(9)10)6(16)7(11,12)13/h1-4H2. The van der Waals surface area contributed by atoms with E-state index in [0.29, 0.717) is 0 Å². The molecule has 0 radical (unpaired) electrons. The zero-order valence-corrected chi connectivity index (χ0v) is 11.9. The lowest BCUT2D eigenvalue weighted by atomic mass is 10.5.